The number of anilines is 1. The molecule has 7 heteroatoms. The molecule has 1 amide bonds. The third kappa shape index (κ3) is 2.03. The van der Waals surface area contributed by atoms with E-state index in [-0.39, 0.29) is 11.9 Å². The minimum atomic E-state index is -0.337. The van der Waals surface area contributed by atoms with Gasteiger partial charge in [0, 0.05) is 6.54 Å². The van der Waals surface area contributed by atoms with Crippen LogP contribution in [-0.4, -0.2) is 22.0 Å². The number of imidazole rings is 1. The Labute approximate surface area is 119 Å². The predicted molar refractivity (Wildman–Crippen MR) is 75.4 cm³/mol. The molecule has 0 spiro atoms. The smallest absolute Gasteiger partial charge is 0.243 e. The van der Waals surface area contributed by atoms with Crippen LogP contribution in [0.2, 0.25) is 10.0 Å². The molecule has 1 aromatic heterocycles. The zero-order valence-electron chi connectivity index (χ0n) is 9.99. The summed E-state index contributed by atoms with van der Waals surface area (Å²) in [5.41, 5.74) is 7.31. The molecule has 2 heterocycles. The monoisotopic (exact) mass is 298 g/mol. The highest BCUT2D eigenvalue weighted by Gasteiger charge is 2.27. The van der Waals surface area contributed by atoms with E-state index in [9.17, 15) is 4.79 Å². The van der Waals surface area contributed by atoms with E-state index in [1.165, 1.54) is 0 Å². The van der Waals surface area contributed by atoms with Crippen LogP contribution in [0, 0.1) is 0 Å². The lowest BCUT2D eigenvalue weighted by molar-refractivity contribution is -0.125. The first-order valence-electron chi connectivity index (χ1n) is 5.98. The maximum Gasteiger partial charge on any atom is 0.243 e. The van der Waals surface area contributed by atoms with Crippen molar-refractivity contribution >= 4 is 46.1 Å². The predicted octanol–water partition coefficient (Wildman–Crippen LogP) is 2.38. The minimum Gasteiger partial charge on any atom is -0.369 e. The number of carbonyl (C=O) groups excluding carboxylic acids is 1. The van der Waals surface area contributed by atoms with E-state index in [0.29, 0.717) is 28.1 Å². The minimum absolute atomic E-state index is 0.0386. The van der Waals surface area contributed by atoms with Crippen molar-refractivity contribution in [3.63, 3.8) is 0 Å². The summed E-state index contributed by atoms with van der Waals surface area (Å²) >= 11 is 12.0. The third-order valence-corrected chi connectivity index (χ3v) is 4.05. The van der Waals surface area contributed by atoms with Crippen LogP contribution in [0.15, 0.2) is 12.1 Å². The molecule has 3 N–H and O–H groups in total. The molecule has 1 atom stereocenters. The quantitative estimate of drug-likeness (QED) is 0.849. The molecule has 3 rings (SSSR count). The number of benzene rings is 1. The van der Waals surface area contributed by atoms with Gasteiger partial charge >= 0.3 is 0 Å². The number of carbonyl (C=O) groups is 1. The number of hydrogen-bond acceptors (Lipinski definition) is 3. The number of nitrogens with one attached hydrogen (secondary N) is 1. The van der Waals surface area contributed by atoms with Gasteiger partial charge < -0.3 is 11.1 Å². The van der Waals surface area contributed by atoms with Gasteiger partial charge in [-0.15, -0.1) is 0 Å². The van der Waals surface area contributed by atoms with Gasteiger partial charge in [-0.3, -0.25) is 9.36 Å². The highest BCUT2D eigenvalue weighted by Crippen LogP contribution is 2.32. The molecule has 1 aromatic carbocycles. The lowest BCUT2D eigenvalue weighted by Crippen LogP contribution is -2.38. The van der Waals surface area contributed by atoms with Crippen LogP contribution >= 0.6 is 23.2 Å². The lowest BCUT2D eigenvalue weighted by Gasteiger charge is -2.24. The summed E-state index contributed by atoms with van der Waals surface area (Å²) in [5, 5.41) is 3.68. The second kappa shape index (κ2) is 4.58. The molecule has 0 aliphatic carbocycles. The summed E-state index contributed by atoms with van der Waals surface area (Å²) in [6, 6.07) is 3.02. The van der Waals surface area contributed by atoms with Gasteiger partial charge in [-0.25, -0.2) is 4.98 Å². The summed E-state index contributed by atoms with van der Waals surface area (Å²) in [7, 11) is 0. The van der Waals surface area contributed by atoms with Gasteiger partial charge in [-0.1, -0.05) is 23.2 Å². The molecule has 1 fully saturated rings. The Balaban J connectivity index is 2.19. The Morgan fingerprint density at radius 2 is 2.11 bits per heavy atom. The number of nitrogen functional groups attached to an aromatic ring is 1. The number of rotatable bonds is 1. The summed E-state index contributed by atoms with van der Waals surface area (Å²) in [4.78, 5) is 16.2. The van der Waals surface area contributed by atoms with E-state index >= 15 is 0 Å². The summed E-state index contributed by atoms with van der Waals surface area (Å²) in [6.07, 6.45) is 1.65. The van der Waals surface area contributed by atoms with Crippen LogP contribution in [0.5, 0.6) is 0 Å². The first-order chi connectivity index (χ1) is 9.08. The highest BCUT2D eigenvalue weighted by molar-refractivity contribution is 6.42. The number of amides is 1. The van der Waals surface area contributed by atoms with Gasteiger partial charge in [0.2, 0.25) is 11.9 Å². The van der Waals surface area contributed by atoms with Crippen LogP contribution in [0.25, 0.3) is 11.0 Å². The molecule has 1 aliphatic rings. The van der Waals surface area contributed by atoms with Crippen molar-refractivity contribution in [3.05, 3.63) is 22.2 Å². The van der Waals surface area contributed by atoms with Gasteiger partial charge in [0.1, 0.15) is 6.04 Å². The van der Waals surface area contributed by atoms with Crippen molar-refractivity contribution in [2.45, 2.75) is 18.9 Å². The second-order valence-electron chi connectivity index (χ2n) is 4.54. The van der Waals surface area contributed by atoms with E-state index in [1.54, 1.807) is 16.7 Å². The number of aromatic nitrogens is 2. The number of nitrogens with two attached hydrogens (primary N) is 1. The van der Waals surface area contributed by atoms with Gasteiger partial charge in [0.25, 0.3) is 0 Å². The number of piperidine rings is 1. The molecular formula is C12H12Cl2N4O. The van der Waals surface area contributed by atoms with E-state index in [1.807, 2.05) is 0 Å². The van der Waals surface area contributed by atoms with Crippen LogP contribution in [0.1, 0.15) is 18.9 Å². The zero-order valence-corrected chi connectivity index (χ0v) is 11.5. The summed E-state index contributed by atoms with van der Waals surface area (Å²) < 4.78 is 1.73. The molecule has 1 unspecified atom stereocenters. The van der Waals surface area contributed by atoms with Gasteiger partial charge in [0.15, 0.2) is 0 Å². The lowest BCUT2D eigenvalue weighted by atomic mass is 10.1. The topological polar surface area (TPSA) is 72.9 Å². The average molecular weight is 299 g/mol. The van der Waals surface area contributed by atoms with Crippen molar-refractivity contribution in [1.82, 2.24) is 14.9 Å². The van der Waals surface area contributed by atoms with Crippen molar-refractivity contribution in [1.29, 1.82) is 0 Å². The molecule has 0 bridgehead atoms. The number of halogens is 2. The van der Waals surface area contributed by atoms with Crippen LogP contribution < -0.4 is 11.1 Å². The molecule has 19 heavy (non-hydrogen) atoms. The third-order valence-electron chi connectivity index (χ3n) is 3.33. The van der Waals surface area contributed by atoms with Gasteiger partial charge in [-0.2, -0.15) is 0 Å². The van der Waals surface area contributed by atoms with Crippen LogP contribution in [-0.2, 0) is 4.79 Å². The number of fused-ring (bicyclic) bond motifs is 1. The van der Waals surface area contributed by atoms with Crippen LogP contribution in [0.4, 0.5) is 5.95 Å². The van der Waals surface area contributed by atoms with E-state index < -0.39 is 0 Å². The van der Waals surface area contributed by atoms with E-state index in [4.69, 9.17) is 28.9 Å². The maximum atomic E-state index is 12.0. The summed E-state index contributed by atoms with van der Waals surface area (Å²) in [6.45, 7) is 0.703. The molecule has 0 saturated carbocycles. The fraction of sp³-hybridized carbons (Fsp3) is 0.333. The molecule has 0 radical (unpaired) electrons. The fourth-order valence-electron chi connectivity index (χ4n) is 2.44. The van der Waals surface area contributed by atoms with Crippen LogP contribution in [0.3, 0.4) is 0 Å². The first-order valence-corrected chi connectivity index (χ1v) is 6.73. The molecular weight excluding hydrogens is 287 g/mol. The maximum absolute atomic E-state index is 12.0. The zero-order chi connectivity index (χ0) is 13.6. The molecule has 1 aliphatic heterocycles. The van der Waals surface area contributed by atoms with Crippen molar-refractivity contribution in [2.75, 3.05) is 12.3 Å². The fourth-order valence-corrected chi connectivity index (χ4v) is 2.75. The number of nitrogens with zero attached hydrogens (tertiary/aromatic N) is 2. The molecule has 2 aromatic rings. The summed E-state index contributed by atoms with van der Waals surface area (Å²) in [5.74, 6) is 0.263. The molecule has 1 saturated heterocycles. The Morgan fingerprint density at radius 3 is 2.84 bits per heavy atom. The molecule has 5 nitrogen and oxygen atoms in total. The van der Waals surface area contributed by atoms with E-state index in [0.717, 1.165) is 18.4 Å². The Bertz CT molecular complexity index is 667. The Morgan fingerprint density at radius 1 is 1.37 bits per heavy atom. The average Bonchev–Trinajstić information content (AvgIpc) is 2.66. The largest absolute Gasteiger partial charge is 0.369 e. The normalized spacial score (nSPS) is 19.7. The first kappa shape index (κ1) is 12.6. The van der Waals surface area contributed by atoms with Crippen molar-refractivity contribution in [3.8, 4) is 0 Å². The highest BCUT2D eigenvalue weighted by atomic mass is 35.5. The van der Waals surface area contributed by atoms with Gasteiger partial charge in [0.05, 0.1) is 21.1 Å². The Kier molecular flexibility index (Phi) is 3.03. The Hall–Kier alpha value is -1.46. The second-order valence-corrected chi connectivity index (χ2v) is 5.36. The number of hydrogen-bond donors (Lipinski definition) is 2. The standard InChI is InChI=1S/C12H12Cl2N4O/c13-6-4-8-10(5-7(6)14)18(12(15)17-8)9-2-1-3-16-11(9)19/h4-5,9H,1-3H2,(H2,15,17)(H,16,19). The molecule has 100 valence electrons. The van der Waals surface area contributed by atoms with Gasteiger partial charge in [-0.05, 0) is 25.0 Å². The van der Waals surface area contributed by atoms with Crippen molar-refractivity contribution < 1.29 is 4.79 Å². The van der Waals surface area contributed by atoms with E-state index in [2.05, 4.69) is 10.3 Å². The SMILES string of the molecule is Nc1nc2cc(Cl)c(Cl)cc2n1C1CCCNC1=O. The van der Waals surface area contributed by atoms with Crippen molar-refractivity contribution in [2.24, 2.45) is 0 Å².